The van der Waals surface area contributed by atoms with Gasteiger partial charge in [0, 0.05) is 14.9 Å². The second kappa shape index (κ2) is 6.03. The topological polar surface area (TPSA) is 94.3 Å². The molecule has 0 bridgehead atoms. The van der Waals surface area contributed by atoms with Gasteiger partial charge in [-0.2, -0.15) is 0 Å². The van der Waals surface area contributed by atoms with E-state index in [9.17, 15) is 23.3 Å². The summed E-state index contributed by atoms with van der Waals surface area (Å²) in [4.78, 5) is 23.0. The standard InChI is InChI=1S/C16H21NO5S/c1-16(2)9-5-6-11(10-16)15(18)12-7-4-8-13(23(3,21)22)14(12)17(19)20/h4,7-8,11H,5-6,9-10H2,1-3H3/i6D,10D. The lowest BCUT2D eigenvalue weighted by Crippen LogP contribution is -2.28. The van der Waals surface area contributed by atoms with E-state index < -0.39 is 55.3 Å². The van der Waals surface area contributed by atoms with Crippen molar-refractivity contribution < 1.29 is 20.9 Å². The number of carbonyl (C=O) groups excluding carboxylic acids is 1. The second-order valence-corrected chi connectivity index (χ2v) is 8.49. The van der Waals surface area contributed by atoms with Crippen LogP contribution in [-0.4, -0.2) is 25.4 Å². The van der Waals surface area contributed by atoms with Crippen LogP contribution in [0.15, 0.2) is 23.1 Å². The zero-order valence-corrected chi connectivity index (χ0v) is 14.1. The molecule has 7 heteroatoms. The van der Waals surface area contributed by atoms with Crippen LogP contribution in [0.3, 0.4) is 0 Å². The first-order valence-electron chi connectivity index (χ1n) is 8.39. The predicted molar refractivity (Wildman–Crippen MR) is 86.3 cm³/mol. The average Bonchev–Trinajstić information content (AvgIpc) is 2.50. The minimum atomic E-state index is -3.90. The summed E-state index contributed by atoms with van der Waals surface area (Å²) in [5, 5.41) is 11.5. The van der Waals surface area contributed by atoms with E-state index in [0.717, 1.165) is 12.3 Å². The van der Waals surface area contributed by atoms with Crippen LogP contribution in [0.5, 0.6) is 0 Å². The van der Waals surface area contributed by atoms with E-state index in [-0.39, 0.29) is 5.56 Å². The molecule has 0 saturated heterocycles. The quantitative estimate of drug-likeness (QED) is 0.475. The molecule has 0 aromatic heterocycles. The van der Waals surface area contributed by atoms with E-state index in [1.54, 1.807) is 0 Å². The molecule has 6 nitrogen and oxygen atoms in total. The van der Waals surface area contributed by atoms with Crippen LogP contribution in [-0.2, 0) is 9.84 Å². The fraction of sp³-hybridized carbons (Fsp3) is 0.562. The van der Waals surface area contributed by atoms with Crippen molar-refractivity contribution in [1.29, 1.82) is 0 Å². The predicted octanol–water partition coefficient (Wildman–Crippen LogP) is 3.40. The number of nitro groups is 1. The molecule has 3 atom stereocenters. The molecule has 1 aliphatic rings. The van der Waals surface area contributed by atoms with Gasteiger partial charge in [-0.1, -0.05) is 26.3 Å². The molecular formula is C16H21NO5S. The number of ketones is 1. The van der Waals surface area contributed by atoms with Gasteiger partial charge in [0.05, 0.1) is 10.5 Å². The van der Waals surface area contributed by atoms with E-state index in [1.165, 1.54) is 12.1 Å². The highest BCUT2D eigenvalue weighted by Gasteiger charge is 2.36. The normalized spacial score (nSPS) is 28.6. The molecule has 1 aromatic rings. The van der Waals surface area contributed by atoms with Crippen LogP contribution in [0.25, 0.3) is 0 Å². The van der Waals surface area contributed by atoms with Crippen molar-refractivity contribution in [1.82, 2.24) is 0 Å². The molecule has 0 N–H and O–H groups in total. The molecule has 0 aliphatic heterocycles. The van der Waals surface area contributed by atoms with Crippen molar-refractivity contribution in [2.45, 2.75) is 44.4 Å². The van der Waals surface area contributed by atoms with Crippen molar-refractivity contribution >= 4 is 21.3 Å². The molecule has 3 unspecified atom stereocenters. The number of carbonyl (C=O) groups is 1. The highest BCUT2D eigenvalue weighted by Crippen LogP contribution is 2.41. The van der Waals surface area contributed by atoms with E-state index in [1.807, 2.05) is 13.8 Å². The average molecular weight is 341 g/mol. The lowest BCUT2D eigenvalue weighted by atomic mass is 9.70. The number of hydrogen-bond acceptors (Lipinski definition) is 5. The van der Waals surface area contributed by atoms with Crippen molar-refractivity contribution in [3.63, 3.8) is 0 Å². The summed E-state index contributed by atoms with van der Waals surface area (Å²) in [6.45, 7) is 3.66. The summed E-state index contributed by atoms with van der Waals surface area (Å²) in [7, 11) is -3.90. The van der Waals surface area contributed by atoms with E-state index >= 15 is 0 Å². The highest BCUT2D eigenvalue weighted by atomic mass is 32.2. The van der Waals surface area contributed by atoms with Crippen LogP contribution >= 0.6 is 0 Å². The van der Waals surface area contributed by atoms with Crippen molar-refractivity contribution in [3.8, 4) is 0 Å². The van der Waals surface area contributed by atoms with Gasteiger partial charge in [0.1, 0.15) is 4.90 Å². The van der Waals surface area contributed by atoms with Crippen LogP contribution in [0.4, 0.5) is 5.69 Å². The molecule has 0 heterocycles. The molecule has 2 rings (SSSR count). The van der Waals surface area contributed by atoms with Gasteiger partial charge >= 0.3 is 0 Å². The Labute approximate surface area is 138 Å². The Morgan fingerprint density at radius 3 is 2.65 bits per heavy atom. The first kappa shape index (κ1) is 14.8. The first-order valence-corrected chi connectivity index (χ1v) is 9.13. The van der Waals surface area contributed by atoms with Gasteiger partial charge in [-0.3, -0.25) is 14.9 Å². The molecule has 1 fully saturated rings. The van der Waals surface area contributed by atoms with Gasteiger partial charge in [0.15, 0.2) is 15.6 Å². The van der Waals surface area contributed by atoms with E-state index in [2.05, 4.69) is 0 Å². The number of para-hydroxylation sites is 1. The minimum absolute atomic E-state index is 0.342. The molecule has 0 amide bonds. The second-order valence-electron chi connectivity index (χ2n) is 6.50. The van der Waals surface area contributed by atoms with Gasteiger partial charge in [0.25, 0.3) is 5.69 Å². The van der Waals surface area contributed by atoms with Gasteiger partial charge in [-0.05, 0) is 36.8 Å². The maximum absolute atomic E-state index is 13.0. The Hall–Kier alpha value is -1.76. The maximum atomic E-state index is 13.0. The molecule has 0 spiro atoms. The maximum Gasteiger partial charge on any atom is 0.298 e. The van der Waals surface area contributed by atoms with Gasteiger partial charge in [0.2, 0.25) is 0 Å². The number of benzene rings is 1. The van der Waals surface area contributed by atoms with Gasteiger partial charge in [-0.25, -0.2) is 8.42 Å². The molecule has 126 valence electrons. The Morgan fingerprint density at radius 1 is 1.43 bits per heavy atom. The summed E-state index contributed by atoms with van der Waals surface area (Å²) in [6, 6.07) is 3.57. The third-order valence-electron chi connectivity index (χ3n) is 3.99. The van der Waals surface area contributed by atoms with Gasteiger partial charge in [-0.15, -0.1) is 0 Å². The lowest BCUT2D eigenvalue weighted by molar-refractivity contribution is -0.388. The zero-order valence-electron chi connectivity index (χ0n) is 15.3. The number of nitro benzene ring substituents is 1. The van der Waals surface area contributed by atoms with Crippen molar-refractivity contribution in [2.24, 2.45) is 11.3 Å². The third kappa shape index (κ3) is 3.77. The fourth-order valence-electron chi connectivity index (χ4n) is 2.84. The molecular weight excluding hydrogens is 318 g/mol. The number of Topliss-reactive ketones (excluding diaryl/α,β-unsaturated/α-hetero) is 1. The summed E-state index contributed by atoms with van der Waals surface area (Å²) >= 11 is 0. The first-order chi connectivity index (χ1) is 11.4. The summed E-state index contributed by atoms with van der Waals surface area (Å²) in [5.74, 6) is -1.73. The van der Waals surface area contributed by atoms with E-state index in [4.69, 9.17) is 2.74 Å². The monoisotopic (exact) mass is 341 g/mol. The fourth-order valence-corrected chi connectivity index (χ4v) is 3.70. The Kier molecular flexibility index (Phi) is 3.88. The minimum Gasteiger partial charge on any atom is -0.294 e. The Balaban J connectivity index is 2.62. The SMILES string of the molecule is [2H]C1CCC(C)(C)C([2H])C1C(=O)c1cccc(S(C)(=O)=O)c1[N+](=O)[O-]. The Bertz CT molecular complexity index is 822. The molecule has 1 saturated carbocycles. The van der Waals surface area contributed by atoms with Crippen LogP contribution in [0.2, 0.25) is 0 Å². The largest absolute Gasteiger partial charge is 0.298 e. The Morgan fingerprint density at radius 2 is 2.09 bits per heavy atom. The molecule has 0 radical (unpaired) electrons. The van der Waals surface area contributed by atoms with E-state index in [0.29, 0.717) is 12.8 Å². The third-order valence-corrected chi connectivity index (χ3v) is 5.12. The summed E-state index contributed by atoms with van der Waals surface area (Å²) in [5.41, 5.74) is -1.61. The lowest BCUT2D eigenvalue weighted by Gasteiger charge is -2.34. The molecule has 1 aliphatic carbocycles. The number of rotatable bonds is 4. The van der Waals surface area contributed by atoms with Crippen LogP contribution in [0.1, 0.15) is 52.6 Å². The van der Waals surface area contributed by atoms with Crippen LogP contribution < -0.4 is 0 Å². The summed E-state index contributed by atoms with van der Waals surface area (Å²) < 4.78 is 40.2. The number of nitrogens with zero attached hydrogens (tertiary/aromatic N) is 1. The number of sulfone groups is 1. The number of hydrogen-bond donors (Lipinski definition) is 0. The molecule has 23 heavy (non-hydrogen) atoms. The molecule has 1 aromatic carbocycles. The van der Waals surface area contributed by atoms with Crippen molar-refractivity contribution in [3.05, 3.63) is 33.9 Å². The smallest absolute Gasteiger partial charge is 0.294 e. The highest BCUT2D eigenvalue weighted by molar-refractivity contribution is 7.90. The van der Waals surface area contributed by atoms with Crippen molar-refractivity contribution in [2.75, 3.05) is 6.26 Å². The zero-order chi connectivity index (χ0) is 19.2. The summed E-state index contributed by atoms with van der Waals surface area (Å²) in [6.07, 6.45) is 0.138. The van der Waals surface area contributed by atoms with Gasteiger partial charge < -0.3 is 0 Å². The van der Waals surface area contributed by atoms with Crippen LogP contribution in [0, 0.1) is 21.4 Å².